The van der Waals surface area contributed by atoms with Crippen molar-refractivity contribution in [3.05, 3.63) is 35.1 Å². The maximum absolute atomic E-state index is 13.1. The zero-order valence-corrected chi connectivity index (χ0v) is 11.1. The van der Waals surface area contributed by atoms with Gasteiger partial charge in [-0.1, -0.05) is 6.07 Å². The molecule has 102 valence electrons. The lowest BCUT2D eigenvalue weighted by Crippen LogP contribution is -2.37. The molecular weight excluding hydrogens is 269 g/mol. The molecule has 0 atom stereocenters. The van der Waals surface area contributed by atoms with Crippen LogP contribution in [0.4, 0.5) is 4.39 Å². The fourth-order valence-corrected chi connectivity index (χ4v) is 2.69. The molecule has 0 saturated carbocycles. The molecule has 0 aromatic heterocycles. The number of carboxylic acid groups (broad SMARTS) is 1. The first-order valence-corrected chi connectivity index (χ1v) is 7.06. The van der Waals surface area contributed by atoms with Gasteiger partial charge in [-0.3, -0.25) is 9.59 Å². The molecule has 6 heteroatoms. The summed E-state index contributed by atoms with van der Waals surface area (Å²) in [6.45, 7) is 1.03. The van der Waals surface area contributed by atoms with E-state index in [0.717, 1.165) is 22.9 Å². The molecule has 0 aliphatic carbocycles. The molecular formula is C13H14FNO3S. The first-order valence-electron chi connectivity index (χ1n) is 5.91. The Kier molecular flexibility index (Phi) is 4.42. The van der Waals surface area contributed by atoms with Gasteiger partial charge in [-0.25, -0.2) is 4.39 Å². The number of carbonyl (C=O) groups is 2. The zero-order chi connectivity index (χ0) is 13.8. The number of hydrogen-bond acceptors (Lipinski definition) is 3. The van der Waals surface area contributed by atoms with Gasteiger partial charge in [-0.05, 0) is 29.7 Å². The lowest BCUT2D eigenvalue weighted by Gasteiger charge is -2.28. The summed E-state index contributed by atoms with van der Waals surface area (Å²) < 4.78 is 13.1. The van der Waals surface area contributed by atoms with Gasteiger partial charge in [0, 0.05) is 13.1 Å². The van der Waals surface area contributed by atoms with Gasteiger partial charge in [0.1, 0.15) is 5.82 Å². The summed E-state index contributed by atoms with van der Waals surface area (Å²) in [5.41, 5.74) is 1.91. The van der Waals surface area contributed by atoms with E-state index >= 15 is 0 Å². The van der Waals surface area contributed by atoms with E-state index in [0.29, 0.717) is 19.5 Å². The summed E-state index contributed by atoms with van der Waals surface area (Å²) in [6.07, 6.45) is 0.641. The Hall–Kier alpha value is -1.56. The number of thioether (sulfide) groups is 1. The normalized spacial score (nSPS) is 14.1. The third-order valence-electron chi connectivity index (χ3n) is 2.98. The Labute approximate surface area is 114 Å². The second kappa shape index (κ2) is 6.06. The lowest BCUT2D eigenvalue weighted by molar-refractivity contribution is -0.133. The average Bonchev–Trinajstić information content (AvgIpc) is 2.37. The topological polar surface area (TPSA) is 57.6 Å². The second-order valence-corrected chi connectivity index (χ2v) is 5.35. The van der Waals surface area contributed by atoms with Gasteiger partial charge in [-0.15, -0.1) is 11.8 Å². The molecule has 1 heterocycles. The third-order valence-corrected chi connectivity index (χ3v) is 3.89. The van der Waals surface area contributed by atoms with Crippen molar-refractivity contribution in [3.8, 4) is 0 Å². The molecule has 0 fully saturated rings. The highest BCUT2D eigenvalue weighted by atomic mass is 32.2. The number of fused-ring (bicyclic) bond motifs is 1. The SMILES string of the molecule is O=C(O)CSCC(=O)N1CCc2cc(F)ccc2C1. The van der Waals surface area contributed by atoms with Crippen LogP contribution in [0, 0.1) is 5.82 Å². The molecule has 1 aromatic carbocycles. The number of halogens is 1. The molecule has 1 aliphatic rings. The maximum atomic E-state index is 13.1. The smallest absolute Gasteiger partial charge is 0.313 e. The van der Waals surface area contributed by atoms with Crippen molar-refractivity contribution >= 4 is 23.6 Å². The minimum absolute atomic E-state index is 0.0681. The summed E-state index contributed by atoms with van der Waals surface area (Å²) >= 11 is 1.10. The summed E-state index contributed by atoms with van der Waals surface area (Å²) in [7, 11) is 0. The van der Waals surface area contributed by atoms with Crippen molar-refractivity contribution in [2.75, 3.05) is 18.1 Å². The monoisotopic (exact) mass is 283 g/mol. The molecule has 0 radical (unpaired) electrons. The van der Waals surface area contributed by atoms with E-state index in [1.54, 1.807) is 11.0 Å². The van der Waals surface area contributed by atoms with Gasteiger partial charge in [0.05, 0.1) is 11.5 Å². The van der Waals surface area contributed by atoms with Crippen molar-refractivity contribution in [1.29, 1.82) is 0 Å². The van der Waals surface area contributed by atoms with Crippen molar-refractivity contribution < 1.29 is 19.1 Å². The number of carbonyl (C=O) groups excluding carboxylic acids is 1. The standard InChI is InChI=1S/C13H14FNO3S/c14-11-2-1-10-6-15(4-3-9(10)5-11)12(16)7-19-8-13(17)18/h1-2,5H,3-4,6-8H2,(H,17,18). The summed E-state index contributed by atoms with van der Waals surface area (Å²) in [6, 6.07) is 4.61. The molecule has 0 spiro atoms. The summed E-state index contributed by atoms with van der Waals surface area (Å²) in [5, 5.41) is 8.51. The fraction of sp³-hybridized carbons (Fsp3) is 0.385. The van der Waals surface area contributed by atoms with E-state index in [9.17, 15) is 14.0 Å². The van der Waals surface area contributed by atoms with E-state index in [2.05, 4.69) is 0 Å². The van der Waals surface area contributed by atoms with Gasteiger partial charge < -0.3 is 10.0 Å². The first kappa shape index (κ1) is 13.9. The van der Waals surface area contributed by atoms with Crippen molar-refractivity contribution in [2.24, 2.45) is 0 Å². The molecule has 1 aliphatic heterocycles. The molecule has 0 unspecified atom stereocenters. The van der Waals surface area contributed by atoms with Gasteiger partial charge in [0.25, 0.3) is 0 Å². The largest absolute Gasteiger partial charge is 0.481 e. The molecule has 0 bridgehead atoms. The second-order valence-electron chi connectivity index (χ2n) is 4.36. The highest BCUT2D eigenvalue weighted by Gasteiger charge is 2.20. The van der Waals surface area contributed by atoms with Gasteiger partial charge in [-0.2, -0.15) is 0 Å². The van der Waals surface area contributed by atoms with E-state index in [-0.39, 0.29) is 23.2 Å². The van der Waals surface area contributed by atoms with Crippen LogP contribution in [0.3, 0.4) is 0 Å². The fourth-order valence-electron chi connectivity index (χ4n) is 2.05. The van der Waals surface area contributed by atoms with Crippen LogP contribution in [0.5, 0.6) is 0 Å². The van der Waals surface area contributed by atoms with Gasteiger partial charge >= 0.3 is 5.97 Å². The Morgan fingerprint density at radius 2 is 2.11 bits per heavy atom. The number of carboxylic acids is 1. The first-order chi connectivity index (χ1) is 9.06. The van der Waals surface area contributed by atoms with E-state index < -0.39 is 5.97 Å². The zero-order valence-electron chi connectivity index (χ0n) is 10.3. The average molecular weight is 283 g/mol. The van der Waals surface area contributed by atoms with Crippen LogP contribution < -0.4 is 0 Å². The maximum Gasteiger partial charge on any atom is 0.313 e. The number of aliphatic carboxylic acids is 1. The molecule has 1 amide bonds. The van der Waals surface area contributed by atoms with Crippen LogP contribution in [-0.2, 0) is 22.6 Å². The highest BCUT2D eigenvalue weighted by molar-refractivity contribution is 8.00. The Balaban J connectivity index is 1.92. The lowest BCUT2D eigenvalue weighted by atomic mass is 10.00. The van der Waals surface area contributed by atoms with Crippen molar-refractivity contribution in [1.82, 2.24) is 4.90 Å². The van der Waals surface area contributed by atoms with Crippen molar-refractivity contribution in [2.45, 2.75) is 13.0 Å². The number of nitrogens with zero attached hydrogens (tertiary/aromatic N) is 1. The highest BCUT2D eigenvalue weighted by Crippen LogP contribution is 2.20. The molecule has 19 heavy (non-hydrogen) atoms. The predicted molar refractivity (Wildman–Crippen MR) is 70.5 cm³/mol. The van der Waals surface area contributed by atoms with Crippen LogP contribution in [0.15, 0.2) is 18.2 Å². The minimum atomic E-state index is -0.919. The number of benzene rings is 1. The quantitative estimate of drug-likeness (QED) is 0.910. The van der Waals surface area contributed by atoms with Gasteiger partial charge in [0.2, 0.25) is 5.91 Å². The number of amides is 1. The van der Waals surface area contributed by atoms with Crippen molar-refractivity contribution in [3.63, 3.8) is 0 Å². The third kappa shape index (κ3) is 3.70. The molecule has 0 saturated heterocycles. The van der Waals surface area contributed by atoms with Crippen LogP contribution >= 0.6 is 11.8 Å². The van der Waals surface area contributed by atoms with Crippen LogP contribution in [0.1, 0.15) is 11.1 Å². The molecule has 2 rings (SSSR count). The Morgan fingerprint density at radius 1 is 1.32 bits per heavy atom. The minimum Gasteiger partial charge on any atom is -0.481 e. The Morgan fingerprint density at radius 3 is 2.84 bits per heavy atom. The molecule has 1 aromatic rings. The molecule has 4 nitrogen and oxygen atoms in total. The van der Waals surface area contributed by atoms with E-state index in [4.69, 9.17) is 5.11 Å². The number of rotatable bonds is 4. The van der Waals surface area contributed by atoms with Crippen LogP contribution in [-0.4, -0.2) is 39.9 Å². The van der Waals surface area contributed by atoms with E-state index in [1.165, 1.54) is 12.1 Å². The van der Waals surface area contributed by atoms with Gasteiger partial charge in [0.15, 0.2) is 0 Å². The summed E-state index contributed by atoms with van der Waals surface area (Å²) in [4.78, 5) is 24.0. The molecule has 1 N–H and O–H groups in total. The van der Waals surface area contributed by atoms with Crippen LogP contribution in [0.2, 0.25) is 0 Å². The number of hydrogen-bond donors (Lipinski definition) is 1. The predicted octanol–water partition coefficient (Wildman–Crippen LogP) is 1.53. The summed E-state index contributed by atoms with van der Waals surface area (Å²) in [5.74, 6) is -1.14. The van der Waals surface area contributed by atoms with Crippen LogP contribution in [0.25, 0.3) is 0 Å². The van der Waals surface area contributed by atoms with E-state index in [1.807, 2.05) is 0 Å². The Bertz CT molecular complexity index is 507.